The molecule has 0 bridgehead atoms. The second-order valence-corrected chi connectivity index (χ2v) is 4.28. The summed E-state index contributed by atoms with van der Waals surface area (Å²) in [6, 6.07) is 10.8. The first-order chi connectivity index (χ1) is 8.61. The minimum Gasteiger partial charge on any atom is -0.309 e. The van der Waals surface area contributed by atoms with Crippen LogP contribution in [0.3, 0.4) is 0 Å². The lowest BCUT2D eigenvalue weighted by atomic mass is 9.95. The van der Waals surface area contributed by atoms with Gasteiger partial charge < -0.3 is 5.32 Å². The zero-order valence-corrected chi connectivity index (χ0v) is 10.4. The van der Waals surface area contributed by atoms with Crippen molar-refractivity contribution in [1.29, 1.82) is 0 Å². The number of nitrogens with one attached hydrogen (secondary N) is 1. The largest absolute Gasteiger partial charge is 0.309 e. The first-order valence-electron chi connectivity index (χ1n) is 5.80. The van der Waals surface area contributed by atoms with Gasteiger partial charge in [0.25, 0.3) is 0 Å². The highest BCUT2D eigenvalue weighted by atomic mass is 19.1. The van der Waals surface area contributed by atoms with Gasteiger partial charge in [-0.2, -0.15) is 0 Å². The summed E-state index contributed by atoms with van der Waals surface area (Å²) in [6.07, 6.45) is 0. The SMILES string of the molecule is CNC(c1cccc(F)c1)c1cc(F)ccc1C. The van der Waals surface area contributed by atoms with Crippen molar-refractivity contribution in [1.82, 2.24) is 5.32 Å². The Morgan fingerprint density at radius 3 is 2.39 bits per heavy atom. The van der Waals surface area contributed by atoms with Gasteiger partial charge in [-0.15, -0.1) is 0 Å². The molecule has 0 spiro atoms. The van der Waals surface area contributed by atoms with Crippen LogP contribution in [0, 0.1) is 18.6 Å². The topological polar surface area (TPSA) is 12.0 Å². The number of aryl methyl sites for hydroxylation is 1. The van der Waals surface area contributed by atoms with Crippen LogP contribution in [0.2, 0.25) is 0 Å². The van der Waals surface area contributed by atoms with Gasteiger partial charge in [-0.25, -0.2) is 8.78 Å². The summed E-state index contributed by atoms with van der Waals surface area (Å²) in [6.45, 7) is 1.92. The molecule has 3 heteroatoms. The average molecular weight is 247 g/mol. The van der Waals surface area contributed by atoms with Gasteiger partial charge in [0.1, 0.15) is 11.6 Å². The van der Waals surface area contributed by atoms with E-state index in [4.69, 9.17) is 0 Å². The molecule has 94 valence electrons. The second kappa shape index (κ2) is 5.27. The van der Waals surface area contributed by atoms with E-state index < -0.39 is 0 Å². The Labute approximate surface area is 105 Å². The maximum Gasteiger partial charge on any atom is 0.123 e. The lowest BCUT2D eigenvalue weighted by Gasteiger charge is -2.19. The van der Waals surface area contributed by atoms with E-state index in [2.05, 4.69) is 5.32 Å². The highest BCUT2D eigenvalue weighted by Gasteiger charge is 2.15. The van der Waals surface area contributed by atoms with E-state index in [1.165, 1.54) is 24.3 Å². The van der Waals surface area contributed by atoms with E-state index in [-0.39, 0.29) is 17.7 Å². The molecular weight excluding hydrogens is 232 g/mol. The Balaban J connectivity index is 2.48. The lowest BCUT2D eigenvalue weighted by molar-refractivity contribution is 0.607. The quantitative estimate of drug-likeness (QED) is 0.874. The van der Waals surface area contributed by atoms with E-state index in [1.807, 2.05) is 13.0 Å². The molecule has 0 aliphatic rings. The maximum atomic E-state index is 13.3. The van der Waals surface area contributed by atoms with Crippen molar-refractivity contribution in [3.8, 4) is 0 Å². The molecule has 1 unspecified atom stereocenters. The Bertz CT molecular complexity index is 552. The van der Waals surface area contributed by atoms with Crippen molar-refractivity contribution in [2.75, 3.05) is 7.05 Å². The molecule has 0 heterocycles. The highest BCUT2D eigenvalue weighted by Crippen LogP contribution is 2.25. The van der Waals surface area contributed by atoms with Crippen LogP contribution in [0.4, 0.5) is 8.78 Å². The third-order valence-electron chi connectivity index (χ3n) is 3.02. The molecule has 2 rings (SSSR count). The van der Waals surface area contributed by atoms with E-state index in [9.17, 15) is 8.78 Å². The number of halogens is 2. The third-order valence-corrected chi connectivity index (χ3v) is 3.02. The minimum absolute atomic E-state index is 0.212. The third kappa shape index (κ3) is 2.57. The lowest BCUT2D eigenvalue weighted by Crippen LogP contribution is -2.19. The van der Waals surface area contributed by atoms with Crippen LogP contribution in [-0.4, -0.2) is 7.05 Å². The van der Waals surface area contributed by atoms with Gasteiger partial charge in [0.05, 0.1) is 6.04 Å². The Kier molecular flexibility index (Phi) is 3.72. The fourth-order valence-corrected chi connectivity index (χ4v) is 2.11. The van der Waals surface area contributed by atoms with Crippen LogP contribution >= 0.6 is 0 Å². The molecule has 1 N–H and O–H groups in total. The predicted octanol–water partition coefficient (Wildman–Crippen LogP) is 3.58. The van der Waals surface area contributed by atoms with Gasteiger partial charge in [0, 0.05) is 0 Å². The molecule has 0 radical (unpaired) electrons. The number of benzene rings is 2. The molecule has 0 amide bonds. The molecule has 0 aromatic heterocycles. The monoisotopic (exact) mass is 247 g/mol. The summed E-state index contributed by atoms with van der Waals surface area (Å²) in [4.78, 5) is 0. The first kappa shape index (κ1) is 12.7. The fourth-order valence-electron chi connectivity index (χ4n) is 2.11. The van der Waals surface area contributed by atoms with Gasteiger partial charge in [-0.3, -0.25) is 0 Å². The van der Waals surface area contributed by atoms with Gasteiger partial charge in [0.2, 0.25) is 0 Å². The maximum absolute atomic E-state index is 13.3. The molecule has 0 saturated carbocycles. The van der Waals surface area contributed by atoms with Gasteiger partial charge in [0.15, 0.2) is 0 Å². The predicted molar refractivity (Wildman–Crippen MR) is 68.4 cm³/mol. The van der Waals surface area contributed by atoms with Crippen LogP contribution in [0.5, 0.6) is 0 Å². The fraction of sp³-hybridized carbons (Fsp3) is 0.200. The average Bonchev–Trinajstić information content (AvgIpc) is 2.35. The van der Waals surface area contributed by atoms with Crippen LogP contribution < -0.4 is 5.32 Å². The molecule has 0 fully saturated rings. The Morgan fingerprint density at radius 2 is 1.72 bits per heavy atom. The van der Waals surface area contributed by atoms with Crippen molar-refractivity contribution in [2.24, 2.45) is 0 Å². The normalized spacial score (nSPS) is 12.4. The number of hydrogen-bond acceptors (Lipinski definition) is 1. The molecule has 2 aromatic rings. The van der Waals surface area contributed by atoms with Crippen LogP contribution in [0.25, 0.3) is 0 Å². The zero-order valence-electron chi connectivity index (χ0n) is 10.4. The van der Waals surface area contributed by atoms with E-state index in [0.29, 0.717) is 0 Å². The van der Waals surface area contributed by atoms with Crippen molar-refractivity contribution in [3.63, 3.8) is 0 Å². The number of rotatable bonds is 3. The summed E-state index contributed by atoms with van der Waals surface area (Å²) in [5, 5.41) is 3.10. The molecule has 2 aromatic carbocycles. The summed E-state index contributed by atoms with van der Waals surface area (Å²) in [7, 11) is 1.78. The summed E-state index contributed by atoms with van der Waals surface area (Å²) in [5.41, 5.74) is 2.58. The molecule has 0 aliphatic heterocycles. The Hall–Kier alpha value is -1.74. The Morgan fingerprint density at radius 1 is 1.00 bits per heavy atom. The molecule has 1 atom stereocenters. The van der Waals surface area contributed by atoms with Crippen molar-refractivity contribution in [3.05, 3.63) is 70.8 Å². The van der Waals surface area contributed by atoms with E-state index >= 15 is 0 Å². The van der Waals surface area contributed by atoms with Crippen molar-refractivity contribution in [2.45, 2.75) is 13.0 Å². The summed E-state index contributed by atoms with van der Waals surface area (Å²) >= 11 is 0. The smallest absolute Gasteiger partial charge is 0.123 e. The molecule has 1 nitrogen and oxygen atoms in total. The molecule has 0 aliphatic carbocycles. The van der Waals surface area contributed by atoms with E-state index in [0.717, 1.165) is 16.7 Å². The van der Waals surface area contributed by atoms with Gasteiger partial charge >= 0.3 is 0 Å². The van der Waals surface area contributed by atoms with Crippen molar-refractivity contribution < 1.29 is 8.78 Å². The highest BCUT2D eigenvalue weighted by molar-refractivity contribution is 5.37. The molecular formula is C15H15F2N. The molecule has 0 saturated heterocycles. The van der Waals surface area contributed by atoms with Crippen LogP contribution in [0.1, 0.15) is 22.7 Å². The summed E-state index contributed by atoms with van der Waals surface area (Å²) < 4.78 is 26.6. The zero-order chi connectivity index (χ0) is 13.1. The minimum atomic E-state index is -0.290. The van der Waals surface area contributed by atoms with Crippen molar-refractivity contribution >= 4 is 0 Å². The summed E-state index contributed by atoms with van der Waals surface area (Å²) in [5.74, 6) is -0.575. The van der Waals surface area contributed by atoms with Gasteiger partial charge in [-0.1, -0.05) is 18.2 Å². The first-order valence-corrected chi connectivity index (χ1v) is 5.80. The van der Waals surface area contributed by atoms with E-state index in [1.54, 1.807) is 19.2 Å². The number of hydrogen-bond donors (Lipinski definition) is 1. The van der Waals surface area contributed by atoms with Crippen LogP contribution in [-0.2, 0) is 0 Å². The standard InChI is InChI=1S/C15H15F2N/c1-10-6-7-13(17)9-14(10)15(18-2)11-4-3-5-12(16)8-11/h3-9,15,18H,1-2H3. The molecule has 18 heavy (non-hydrogen) atoms. The van der Waals surface area contributed by atoms with Gasteiger partial charge in [-0.05, 0) is 54.9 Å². The van der Waals surface area contributed by atoms with Crippen LogP contribution in [0.15, 0.2) is 42.5 Å². The second-order valence-electron chi connectivity index (χ2n) is 4.28.